The molecule has 2 aromatic rings. The summed E-state index contributed by atoms with van der Waals surface area (Å²) in [7, 11) is 0. The quantitative estimate of drug-likeness (QED) is 0.379. The van der Waals surface area contributed by atoms with E-state index < -0.39 is 0 Å². The molecule has 3 nitrogen and oxygen atoms in total. The normalized spacial score (nSPS) is 11.1. The molecule has 5 heteroatoms. The number of nitrogens with one attached hydrogen (secondary N) is 1. The highest BCUT2D eigenvalue weighted by Gasteiger charge is 2.14. The van der Waals surface area contributed by atoms with E-state index in [0.29, 0.717) is 17.2 Å². The van der Waals surface area contributed by atoms with E-state index in [1.807, 2.05) is 12.1 Å². The van der Waals surface area contributed by atoms with Crippen LogP contribution in [0.15, 0.2) is 22.8 Å². The van der Waals surface area contributed by atoms with E-state index in [2.05, 4.69) is 27.8 Å². The van der Waals surface area contributed by atoms with Crippen molar-refractivity contribution < 1.29 is 9.53 Å². The van der Waals surface area contributed by atoms with Gasteiger partial charge in [0.05, 0.1) is 15.9 Å². The second kappa shape index (κ2) is 9.33. The molecule has 23 heavy (non-hydrogen) atoms. The Morgan fingerprint density at radius 3 is 2.61 bits per heavy atom. The lowest BCUT2D eigenvalue weighted by Gasteiger charge is -2.05. The summed E-state index contributed by atoms with van der Waals surface area (Å²) < 4.78 is 6.26. The van der Waals surface area contributed by atoms with Gasteiger partial charge in [-0.1, -0.05) is 57.0 Å². The Hall–Kier alpha value is -1.000. The Morgan fingerprint density at radius 1 is 1.17 bits per heavy atom. The molecule has 0 atom stereocenters. The number of carbonyl (C=O) groups is 1. The van der Waals surface area contributed by atoms with Crippen molar-refractivity contribution in [3.8, 4) is 5.75 Å². The van der Waals surface area contributed by atoms with Crippen LogP contribution in [-0.2, 0) is 4.79 Å². The molecule has 1 aromatic carbocycles. The minimum Gasteiger partial charge on any atom is -0.424 e. The van der Waals surface area contributed by atoms with E-state index in [-0.39, 0.29) is 5.97 Å². The Bertz CT molecular complexity index is 654. The predicted molar refractivity (Wildman–Crippen MR) is 99.3 cm³/mol. The summed E-state index contributed by atoms with van der Waals surface area (Å²) >= 11 is 9.68. The van der Waals surface area contributed by atoms with E-state index >= 15 is 0 Å². The molecule has 126 valence electrons. The van der Waals surface area contributed by atoms with Crippen LogP contribution in [0.1, 0.15) is 58.3 Å². The number of aromatic nitrogens is 1. The van der Waals surface area contributed by atoms with Crippen LogP contribution in [0.2, 0.25) is 5.02 Å². The van der Waals surface area contributed by atoms with Crippen molar-refractivity contribution in [3.63, 3.8) is 0 Å². The number of rotatable bonds is 9. The van der Waals surface area contributed by atoms with Gasteiger partial charge in [0, 0.05) is 17.1 Å². The van der Waals surface area contributed by atoms with Crippen molar-refractivity contribution in [1.29, 1.82) is 0 Å². The van der Waals surface area contributed by atoms with Crippen molar-refractivity contribution in [2.24, 2.45) is 0 Å². The highest BCUT2D eigenvalue weighted by Crippen LogP contribution is 2.37. The zero-order chi connectivity index (χ0) is 16.7. The molecule has 0 aliphatic carbocycles. The fraction of sp³-hybridized carbons (Fsp3) is 0.500. The predicted octanol–water partition coefficient (Wildman–Crippen LogP) is 6.63. The van der Waals surface area contributed by atoms with Crippen LogP contribution in [0.3, 0.4) is 0 Å². The number of fused-ring (bicyclic) bond motifs is 1. The SMILES string of the molecule is CCCCCCCCCC(=O)Oc1c[nH]c2ccc(Br)c(Cl)c12. The first kappa shape index (κ1) is 18.3. The Morgan fingerprint density at radius 2 is 1.87 bits per heavy atom. The van der Waals surface area contributed by atoms with Gasteiger partial charge >= 0.3 is 5.97 Å². The fourth-order valence-corrected chi connectivity index (χ4v) is 3.20. The summed E-state index contributed by atoms with van der Waals surface area (Å²) in [5, 5.41) is 1.30. The lowest BCUT2D eigenvalue weighted by molar-refractivity contribution is -0.134. The number of halogens is 2. The lowest BCUT2D eigenvalue weighted by Crippen LogP contribution is -2.07. The summed E-state index contributed by atoms with van der Waals surface area (Å²) in [6, 6.07) is 3.77. The number of hydrogen-bond acceptors (Lipinski definition) is 2. The average molecular weight is 401 g/mol. The number of benzene rings is 1. The zero-order valence-corrected chi connectivity index (χ0v) is 15.8. The maximum absolute atomic E-state index is 12.0. The topological polar surface area (TPSA) is 42.1 Å². The van der Waals surface area contributed by atoms with Gasteiger partial charge in [-0.05, 0) is 34.5 Å². The molecule has 0 aliphatic heterocycles. The van der Waals surface area contributed by atoms with Crippen LogP contribution in [0.4, 0.5) is 0 Å². The minimum absolute atomic E-state index is 0.199. The molecule has 0 fully saturated rings. The third-order valence-corrected chi connectivity index (χ3v) is 5.19. The van der Waals surface area contributed by atoms with Crippen LogP contribution in [0.25, 0.3) is 10.9 Å². The largest absolute Gasteiger partial charge is 0.424 e. The van der Waals surface area contributed by atoms with Crippen molar-refractivity contribution >= 4 is 44.4 Å². The van der Waals surface area contributed by atoms with Crippen molar-refractivity contribution in [2.75, 3.05) is 0 Å². The van der Waals surface area contributed by atoms with E-state index in [1.165, 1.54) is 32.1 Å². The van der Waals surface area contributed by atoms with Crippen LogP contribution in [-0.4, -0.2) is 11.0 Å². The second-order valence-corrected chi connectivity index (χ2v) is 7.01. The van der Waals surface area contributed by atoms with Crippen LogP contribution in [0.5, 0.6) is 5.75 Å². The first-order valence-corrected chi connectivity index (χ1v) is 9.46. The molecule has 2 rings (SSSR count). The summed E-state index contributed by atoms with van der Waals surface area (Å²) in [6.45, 7) is 2.21. The smallest absolute Gasteiger partial charge is 0.311 e. The summed E-state index contributed by atoms with van der Waals surface area (Å²) in [6.07, 6.45) is 10.4. The summed E-state index contributed by atoms with van der Waals surface area (Å²) in [5.41, 5.74) is 0.858. The molecule has 0 radical (unpaired) electrons. The number of unbranched alkanes of at least 4 members (excludes halogenated alkanes) is 6. The average Bonchev–Trinajstić information content (AvgIpc) is 2.93. The van der Waals surface area contributed by atoms with Gasteiger partial charge in [-0.25, -0.2) is 0 Å². The monoisotopic (exact) mass is 399 g/mol. The summed E-state index contributed by atoms with van der Waals surface area (Å²) in [4.78, 5) is 15.1. The second-order valence-electron chi connectivity index (χ2n) is 5.78. The lowest BCUT2D eigenvalue weighted by atomic mass is 10.1. The zero-order valence-electron chi connectivity index (χ0n) is 13.5. The van der Waals surface area contributed by atoms with E-state index in [4.69, 9.17) is 16.3 Å². The van der Waals surface area contributed by atoms with Gasteiger partial charge in [0.25, 0.3) is 0 Å². The molecule has 0 bridgehead atoms. The molecule has 1 N–H and O–H groups in total. The van der Waals surface area contributed by atoms with Gasteiger partial charge < -0.3 is 9.72 Å². The molecule has 0 saturated heterocycles. The molecule has 1 aromatic heterocycles. The maximum atomic E-state index is 12.0. The van der Waals surface area contributed by atoms with E-state index in [9.17, 15) is 4.79 Å². The number of carbonyl (C=O) groups excluding carboxylic acids is 1. The van der Waals surface area contributed by atoms with E-state index in [0.717, 1.165) is 28.2 Å². The van der Waals surface area contributed by atoms with Gasteiger partial charge in [0.2, 0.25) is 0 Å². The molecule has 0 amide bonds. The first-order chi connectivity index (χ1) is 11.1. The number of aromatic amines is 1. The highest BCUT2D eigenvalue weighted by atomic mass is 79.9. The molecule has 0 aliphatic rings. The van der Waals surface area contributed by atoms with Crippen LogP contribution in [0, 0.1) is 0 Å². The molecule has 0 saturated carbocycles. The van der Waals surface area contributed by atoms with Gasteiger partial charge in [0.1, 0.15) is 0 Å². The van der Waals surface area contributed by atoms with Crippen molar-refractivity contribution in [2.45, 2.75) is 58.3 Å². The van der Waals surface area contributed by atoms with Crippen LogP contribution >= 0.6 is 27.5 Å². The molecule has 1 heterocycles. The highest BCUT2D eigenvalue weighted by molar-refractivity contribution is 9.10. The third kappa shape index (κ3) is 5.25. The van der Waals surface area contributed by atoms with Gasteiger partial charge in [-0.3, -0.25) is 4.79 Å². The third-order valence-electron chi connectivity index (χ3n) is 3.91. The van der Waals surface area contributed by atoms with Gasteiger partial charge in [-0.15, -0.1) is 0 Å². The number of H-pyrrole nitrogens is 1. The molecule has 0 unspecified atom stereocenters. The van der Waals surface area contributed by atoms with Crippen LogP contribution < -0.4 is 4.74 Å². The number of hydrogen-bond donors (Lipinski definition) is 1. The Kier molecular flexibility index (Phi) is 7.44. The Labute approximate surface area is 150 Å². The maximum Gasteiger partial charge on any atom is 0.311 e. The van der Waals surface area contributed by atoms with Crippen molar-refractivity contribution in [1.82, 2.24) is 4.98 Å². The van der Waals surface area contributed by atoms with Gasteiger partial charge in [0.15, 0.2) is 5.75 Å². The summed E-state index contributed by atoms with van der Waals surface area (Å²) in [5.74, 6) is 0.301. The van der Waals surface area contributed by atoms with Crippen molar-refractivity contribution in [3.05, 3.63) is 27.8 Å². The van der Waals surface area contributed by atoms with E-state index in [1.54, 1.807) is 6.20 Å². The molecular formula is C18H23BrClNO2. The fourth-order valence-electron chi connectivity index (χ4n) is 2.61. The molecular weight excluding hydrogens is 378 g/mol. The van der Waals surface area contributed by atoms with Gasteiger partial charge in [-0.2, -0.15) is 0 Å². The Balaban J connectivity index is 1.81. The number of ether oxygens (including phenoxy) is 1. The molecule has 0 spiro atoms. The standard InChI is InChI=1S/C18H23BrClNO2/c1-2-3-4-5-6-7-8-9-16(22)23-15-12-21-14-11-10-13(19)18(20)17(14)15/h10-12,21H,2-9H2,1H3. The number of esters is 1. The minimum atomic E-state index is -0.199. The first-order valence-electron chi connectivity index (χ1n) is 8.29.